The third-order valence-electron chi connectivity index (χ3n) is 2.34. The van der Waals surface area contributed by atoms with Gasteiger partial charge in [0.2, 0.25) is 0 Å². The first-order valence-corrected chi connectivity index (χ1v) is 6.35. The van der Waals surface area contributed by atoms with Crippen LogP contribution in [-0.2, 0) is 0 Å². The minimum Gasteiger partial charge on any atom is -0.325 e. The SMILES string of the molecule is NCC(=NNC(=O)c1cccs1)c1ccccc1. The molecule has 0 saturated heterocycles. The van der Waals surface area contributed by atoms with Crippen LogP contribution in [0, 0.1) is 0 Å². The van der Waals surface area contributed by atoms with Crippen molar-refractivity contribution in [3.63, 3.8) is 0 Å². The van der Waals surface area contributed by atoms with Gasteiger partial charge in [0.1, 0.15) is 0 Å². The van der Waals surface area contributed by atoms with E-state index in [0.29, 0.717) is 10.6 Å². The maximum Gasteiger partial charge on any atom is 0.281 e. The van der Waals surface area contributed by atoms with Gasteiger partial charge in [-0.3, -0.25) is 4.79 Å². The predicted molar refractivity (Wildman–Crippen MR) is 73.8 cm³/mol. The fourth-order valence-electron chi connectivity index (χ4n) is 1.44. The van der Waals surface area contributed by atoms with Crippen LogP contribution in [0.25, 0.3) is 0 Å². The molecule has 2 aromatic rings. The van der Waals surface area contributed by atoms with Gasteiger partial charge in [0.15, 0.2) is 0 Å². The lowest BCUT2D eigenvalue weighted by atomic mass is 10.1. The van der Waals surface area contributed by atoms with Crippen molar-refractivity contribution in [1.29, 1.82) is 0 Å². The number of benzene rings is 1. The minimum atomic E-state index is -0.216. The number of thiophene rings is 1. The van der Waals surface area contributed by atoms with E-state index in [1.807, 2.05) is 41.8 Å². The Morgan fingerprint density at radius 1 is 1.22 bits per heavy atom. The molecule has 1 heterocycles. The lowest BCUT2D eigenvalue weighted by Crippen LogP contribution is -2.23. The molecule has 0 unspecified atom stereocenters. The molecule has 0 atom stereocenters. The van der Waals surface area contributed by atoms with Crippen LogP contribution >= 0.6 is 11.3 Å². The number of hydrogen-bond donors (Lipinski definition) is 2. The quantitative estimate of drug-likeness (QED) is 0.650. The fraction of sp³-hybridized carbons (Fsp3) is 0.0769. The average Bonchev–Trinajstić information content (AvgIpc) is 2.94. The van der Waals surface area contributed by atoms with Crippen LogP contribution in [0.3, 0.4) is 0 Å². The van der Waals surface area contributed by atoms with Gasteiger partial charge in [-0.1, -0.05) is 36.4 Å². The maximum atomic E-state index is 11.7. The summed E-state index contributed by atoms with van der Waals surface area (Å²) in [7, 11) is 0. The molecule has 92 valence electrons. The van der Waals surface area contributed by atoms with E-state index in [4.69, 9.17) is 5.73 Å². The van der Waals surface area contributed by atoms with Crippen molar-refractivity contribution in [3.05, 3.63) is 58.3 Å². The van der Waals surface area contributed by atoms with Gasteiger partial charge in [-0.15, -0.1) is 11.3 Å². The van der Waals surface area contributed by atoms with Gasteiger partial charge >= 0.3 is 0 Å². The molecule has 0 bridgehead atoms. The molecule has 2 rings (SSSR count). The van der Waals surface area contributed by atoms with Crippen LogP contribution < -0.4 is 11.2 Å². The van der Waals surface area contributed by atoms with E-state index >= 15 is 0 Å². The fourth-order valence-corrected chi connectivity index (χ4v) is 2.05. The first-order chi connectivity index (χ1) is 8.81. The Morgan fingerprint density at radius 2 is 2.00 bits per heavy atom. The zero-order valence-electron chi connectivity index (χ0n) is 9.67. The second-order valence-electron chi connectivity index (χ2n) is 3.55. The third-order valence-corrected chi connectivity index (χ3v) is 3.21. The van der Waals surface area contributed by atoms with Crippen LogP contribution in [0.15, 0.2) is 52.9 Å². The van der Waals surface area contributed by atoms with Crippen molar-refractivity contribution in [2.45, 2.75) is 0 Å². The minimum absolute atomic E-state index is 0.216. The molecule has 0 aliphatic rings. The molecule has 18 heavy (non-hydrogen) atoms. The van der Waals surface area contributed by atoms with E-state index < -0.39 is 0 Å². The normalized spacial score (nSPS) is 11.3. The molecule has 0 aliphatic carbocycles. The summed E-state index contributed by atoms with van der Waals surface area (Å²) < 4.78 is 0. The van der Waals surface area contributed by atoms with Gasteiger partial charge in [0.05, 0.1) is 10.6 Å². The summed E-state index contributed by atoms with van der Waals surface area (Å²) >= 11 is 1.37. The zero-order chi connectivity index (χ0) is 12.8. The zero-order valence-corrected chi connectivity index (χ0v) is 10.5. The molecule has 3 N–H and O–H groups in total. The number of nitrogens with zero attached hydrogens (tertiary/aromatic N) is 1. The Balaban J connectivity index is 2.10. The largest absolute Gasteiger partial charge is 0.325 e. The van der Waals surface area contributed by atoms with E-state index in [1.54, 1.807) is 6.07 Å². The maximum absolute atomic E-state index is 11.7. The number of hydrazone groups is 1. The second-order valence-corrected chi connectivity index (χ2v) is 4.49. The summed E-state index contributed by atoms with van der Waals surface area (Å²) in [5, 5.41) is 5.91. The third kappa shape index (κ3) is 3.03. The monoisotopic (exact) mass is 259 g/mol. The van der Waals surface area contributed by atoms with E-state index in [1.165, 1.54) is 11.3 Å². The number of amides is 1. The summed E-state index contributed by atoms with van der Waals surface area (Å²) in [5.41, 5.74) is 9.71. The molecule has 1 aromatic carbocycles. The van der Waals surface area contributed by atoms with Crippen LogP contribution in [0.2, 0.25) is 0 Å². The Morgan fingerprint density at radius 3 is 2.61 bits per heavy atom. The first-order valence-electron chi connectivity index (χ1n) is 5.47. The lowest BCUT2D eigenvalue weighted by Gasteiger charge is -2.04. The van der Waals surface area contributed by atoms with Crippen molar-refractivity contribution in [3.8, 4) is 0 Å². The number of carbonyl (C=O) groups excluding carboxylic acids is 1. The number of hydrogen-bond acceptors (Lipinski definition) is 4. The molecule has 5 heteroatoms. The number of carbonyl (C=O) groups is 1. The predicted octanol–water partition coefficient (Wildman–Crippen LogP) is 1.84. The Labute approximate surface area is 109 Å². The number of nitrogens with one attached hydrogen (secondary N) is 1. The highest BCUT2D eigenvalue weighted by molar-refractivity contribution is 7.12. The summed E-state index contributed by atoms with van der Waals surface area (Å²) in [4.78, 5) is 12.3. The van der Waals surface area contributed by atoms with Crippen LogP contribution in [0.5, 0.6) is 0 Å². The Bertz CT molecular complexity index is 535. The molecule has 1 aromatic heterocycles. The first kappa shape index (κ1) is 12.5. The van der Waals surface area contributed by atoms with Crippen LogP contribution in [-0.4, -0.2) is 18.2 Å². The van der Waals surface area contributed by atoms with Crippen molar-refractivity contribution >= 4 is 23.0 Å². The molecule has 0 spiro atoms. The molecule has 1 amide bonds. The van der Waals surface area contributed by atoms with Gasteiger partial charge in [-0.2, -0.15) is 5.10 Å². The van der Waals surface area contributed by atoms with Gasteiger partial charge in [-0.25, -0.2) is 5.43 Å². The molecular formula is C13H13N3OS. The van der Waals surface area contributed by atoms with Crippen LogP contribution in [0.4, 0.5) is 0 Å². The summed E-state index contributed by atoms with van der Waals surface area (Å²) in [6, 6.07) is 13.1. The van der Waals surface area contributed by atoms with Gasteiger partial charge in [0, 0.05) is 6.54 Å². The van der Waals surface area contributed by atoms with Gasteiger partial charge < -0.3 is 5.73 Å². The van der Waals surface area contributed by atoms with E-state index in [0.717, 1.165) is 5.56 Å². The summed E-state index contributed by atoms with van der Waals surface area (Å²) in [6.45, 7) is 0.273. The van der Waals surface area contributed by atoms with Crippen LogP contribution in [0.1, 0.15) is 15.2 Å². The average molecular weight is 259 g/mol. The molecular weight excluding hydrogens is 246 g/mol. The Kier molecular flexibility index (Phi) is 4.22. The van der Waals surface area contributed by atoms with Crippen molar-refractivity contribution in [2.24, 2.45) is 10.8 Å². The molecule has 0 saturated carbocycles. The highest BCUT2D eigenvalue weighted by Gasteiger charge is 2.06. The smallest absolute Gasteiger partial charge is 0.281 e. The van der Waals surface area contributed by atoms with Crippen molar-refractivity contribution < 1.29 is 4.79 Å². The number of nitrogens with two attached hydrogens (primary N) is 1. The van der Waals surface area contributed by atoms with E-state index in [2.05, 4.69) is 10.5 Å². The van der Waals surface area contributed by atoms with Crippen molar-refractivity contribution in [1.82, 2.24) is 5.43 Å². The molecule has 0 aliphatic heterocycles. The topological polar surface area (TPSA) is 67.5 Å². The molecule has 0 fully saturated rings. The number of rotatable bonds is 4. The second kappa shape index (κ2) is 6.09. The van der Waals surface area contributed by atoms with Gasteiger partial charge in [0.25, 0.3) is 5.91 Å². The summed E-state index contributed by atoms with van der Waals surface area (Å²) in [5.74, 6) is -0.216. The van der Waals surface area contributed by atoms with E-state index in [-0.39, 0.29) is 12.5 Å². The highest BCUT2D eigenvalue weighted by atomic mass is 32.1. The lowest BCUT2D eigenvalue weighted by molar-refractivity contribution is 0.0959. The highest BCUT2D eigenvalue weighted by Crippen LogP contribution is 2.07. The molecule has 4 nitrogen and oxygen atoms in total. The van der Waals surface area contributed by atoms with Crippen molar-refractivity contribution in [2.75, 3.05) is 6.54 Å². The molecule has 0 radical (unpaired) electrons. The standard InChI is InChI=1S/C13H13N3OS/c14-9-11(10-5-2-1-3-6-10)15-16-13(17)12-7-4-8-18-12/h1-8H,9,14H2,(H,16,17). The van der Waals surface area contributed by atoms with Gasteiger partial charge in [-0.05, 0) is 17.0 Å². The Hall–Kier alpha value is -1.98. The summed E-state index contributed by atoms with van der Waals surface area (Å²) in [6.07, 6.45) is 0. The van der Waals surface area contributed by atoms with E-state index in [9.17, 15) is 4.79 Å².